The van der Waals surface area contributed by atoms with Crippen LogP contribution >= 0.6 is 0 Å². The Labute approximate surface area is 258 Å². The van der Waals surface area contributed by atoms with E-state index >= 15 is 0 Å². The average Bonchev–Trinajstić information content (AvgIpc) is 3.69. The topological polar surface area (TPSA) is 207 Å². The maximum absolute atomic E-state index is 13.2. The van der Waals surface area contributed by atoms with E-state index in [1.165, 1.54) is 36.0 Å². The predicted octanol–water partition coefficient (Wildman–Crippen LogP) is 2.32. The Hall–Kier alpha value is -5.16. The van der Waals surface area contributed by atoms with Gasteiger partial charge in [-0.3, -0.25) is 24.9 Å². The second-order valence-corrected chi connectivity index (χ2v) is 12.2. The first-order valence-electron chi connectivity index (χ1n) is 14.0. The summed E-state index contributed by atoms with van der Waals surface area (Å²) in [6.45, 7) is 5.01. The van der Waals surface area contributed by atoms with Crippen LogP contribution in [0.1, 0.15) is 26.4 Å². The molecule has 4 heterocycles. The van der Waals surface area contributed by atoms with Gasteiger partial charge in [0.1, 0.15) is 17.2 Å². The van der Waals surface area contributed by atoms with E-state index in [1.807, 2.05) is 24.3 Å². The van der Waals surface area contributed by atoms with E-state index in [0.717, 1.165) is 32.7 Å². The molecule has 1 aliphatic heterocycles. The normalized spacial score (nSPS) is 14.4. The largest absolute Gasteiger partial charge is 0.346 e. The highest BCUT2D eigenvalue weighted by Crippen LogP contribution is 2.27. The van der Waals surface area contributed by atoms with Crippen LogP contribution in [-0.4, -0.2) is 88.4 Å². The standard InChI is InChI=1S/C29H31N11O4S/c1-39-12-14-40(15-13-39)17-18-2-6-20(7-3-18)33-28(42)24-23(16-32-38-24)34-26-22-10-11-31-25(22)35-29(36-26)37-27(41)19-4-8-21(9-5-19)45(30,43)44/h2-11,16H,12-15,17H2,1H3,(H,32,38)(H,33,42)(H2,30,43,44)(H3,31,34,35,36,37,41). The number of nitrogens with two attached hydrogens (primary N) is 1. The highest BCUT2D eigenvalue weighted by Gasteiger charge is 2.19. The van der Waals surface area contributed by atoms with E-state index in [-0.39, 0.29) is 22.1 Å². The number of primary sulfonamides is 1. The minimum Gasteiger partial charge on any atom is -0.346 e. The summed E-state index contributed by atoms with van der Waals surface area (Å²) in [6, 6.07) is 14.6. The number of likely N-dealkylation sites (N-methyl/N-ethyl adjacent to an activating group) is 1. The zero-order valence-electron chi connectivity index (χ0n) is 24.2. The number of carbonyl (C=O) groups excluding carboxylic acids is 2. The fraction of sp³-hybridized carbons (Fsp3) is 0.207. The van der Waals surface area contributed by atoms with E-state index in [0.29, 0.717) is 28.2 Å². The number of piperazine rings is 1. The van der Waals surface area contributed by atoms with Crippen LogP contribution in [-0.2, 0) is 16.6 Å². The van der Waals surface area contributed by atoms with Crippen LogP contribution in [0.25, 0.3) is 11.0 Å². The molecule has 2 aromatic carbocycles. The first kappa shape index (κ1) is 29.9. The minimum atomic E-state index is -3.90. The van der Waals surface area contributed by atoms with Crippen molar-refractivity contribution in [1.82, 2.24) is 34.9 Å². The van der Waals surface area contributed by atoms with Gasteiger partial charge in [0.25, 0.3) is 11.8 Å². The molecular weight excluding hydrogens is 598 g/mol. The molecule has 16 heteroatoms. The molecule has 0 spiro atoms. The number of fused-ring (bicyclic) bond motifs is 1. The number of hydrogen-bond acceptors (Lipinski definition) is 10. The lowest BCUT2D eigenvalue weighted by Gasteiger charge is -2.32. The molecule has 0 atom stereocenters. The zero-order chi connectivity index (χ0) is 31.6. The molecule has 1 fully saturated rings. The highest BCUT2D eigenvalue weighted by atomic mass is 32.2. The minimum absolute atomic E-state index is 0.0286. The molecular formula is C29H31N11O4S. The Morgan fingerprint density at radius 2 is 1.67 bits per heavy atom. The number of nitrogens with one attached hydrogen (secondary N) is 5. The van der Waals surface area contributed by atoms with E-state index in [1.54, 1.807) is 12.3 Å². The maximum Gasteiger partial charge on any atom is 0.275 e. The number of hydrogen-bond donors (Lipinski definition) is 6. The summed E-state index contributed by atoms with van der Waals surface area (Å²) in [5.41, 5.74) is 2.95. The number of sulfonamides is 1. The fourth-order valence-corrected chi connectivity index (χ4v) is 5.41. The third kappa shape index (κ3) is 6.99. The summed E-state index contributed by atoms with van der Waals surface area (Å²) in [7, 11) is -1.77. The lowest BCUT2D eigenvalue weighted by molar-refractivity contribution is 0.101. The van der Waals surface area contributed by atoms with Crippen LogP contribution in [0.2, 0.25) is 0 Å². The molecule has 232 valence electrons. The lowest BCUT2D eigenvalue weighted by Crippen LogP contribution is -2.43. The number of amides is 2. The summed E-state index contributed by atoms with van der Waals surface area (Å²) < 4.78 is 23.0. The highest BCUT2D eigenvalue weighted by molar-refractivity contribution is 7.89. The summed E-state index contributed by atoms with van der Waals surface area (Å²) in [5.74, 6) is -0.688. The van der Waals surface area contributed by atoms with Crippen molar-refractivity contribution < 1.29 is 18.0 Å². The monoisotopic (exact) mass is 629 g/mol. The Bertz CT molecular complexity index is 1950. The lowest BCUT2D eigenvalue weighted by atomic mass is 10.1. The van der Waals surface area contributed by atoms with Gasteiger partial charge in [-0.15, -0.1) is 0 Å². The number of nitrogens with zero attached hydrogens (tertiary/aromatic N) is 5. The average molecular weight is 630 g/mol. The second kappa shape index (κ2) is 12.4. The molecule has 5 aromatic rings. The van der Waals surface area contributed by atoms with E-state index in [4.69, 9.17) is 5.14 Å². The number of H-pyrrole nitrogens is 2. The van der Waals surface area contributed by atoms with E-state index in [2.05, 4.69) is 57.9 Å². The molecule has 0 saturated carbocycles. The van der Waals surface area contributed by atoms with Crippen LogP contribution in [0.15, 0.2) is 71.9 Å². The molecule has 0 bridgehead atoms. The van der Waals surface area contributed by atoms with E-state index in [9.17, 15) is 18.0 Å². The smallest absolute Gasteiger partial charge is 0.275 e. The Kier molecular flexibility index (Phi) is 8.27. The molecule has 0 aliphatic carbocycles. The van der Waals surface area contributed by atoms with Gasteiger partial charge < -0.3 is 20.5 Å². The Morgan fingerprint density at radius 1 is 0.933 bits per heavy atom. The van der Waals surface area contributed by atoms with Gasteiger partial charge in [-0.25, -0.2) is 13.6 Å². The quantitative estimate of drug-likeness (QED) is 0.140. The third-order valence-electron chi connectivity index (χ3n) is 7.42. The third-order valence-corrected chi connectivity index (χ3v) is 8.35. The van der Waals surface area contributed by atoms with Crippen LogP contribution in [0, 0.1) is 0 Å². The van der Waals surface area contributed by atoms with Crippen LogP contribution in [0.3, 0.4) is 0 Å². The van der Waals surface area contributed by atoms with Crippen molar-refractivity contribution in [3.05, 3.63) is 83.8 Å². The van der Waals surface area contributed by atoms with Crippen molar-refractivity contribution in [1.29, 1.82) is 0 Å². The van der Waals surface area contributed by atoms with Crippen molar-refractivity contribution in [2.24, 2.45) is 5.14 Å². The zero-order valence-corrected chi connectivity index (χ0v) is 25.1. The number of aromatic amines is 2. The molecule has 3 aromatic heterocycles. The van der Waals surface area contributed by atoms with Crippen LogP contribution < -0.4 is 21.1 Å². The number of aromatic nitrogens is 5. The van der Waals surface area contributed by atoms with Gasteiger partial charge in [0.2, 0.25) is 16.0 Å². The van der Waals surface area contributed by atoms with Crippen molar-refractivity contribution >= 4 is 56.0 Å². The molecule has 0 unspecified atom stereocenters. The molecule has 2 amide bonds. The Morgan fingerprint density at radius 3 is 2.38 bits per heavy atom. The van der Waals surface area contributed by atoms with Gasteiger partial charge in [0, 0.05) is 50.2 Å². The predicted molar refractivity (Wildman–Crippen MR) is 169 cm³/mol. The number of anilines is 4. The van der Waals surface area contributed by atoms with Gasteiger partial charge in [0.05, 0.1) is 22.2 Å². The van der Waals surface area contributed by atoms with Gasteiger partial charge in [-0.2, -0.15) is 15.1 Å². The number of rotatable bonds is 9. The molecule has 15 nitrogen and oxygen atoms in total. The van der Waals surface area contributed by atoms with E-state index < -0.39 is 21.8 Å². The summed E-state index contributed by atoms with van der Waals surface area (Å²) >= 11 is 0. The van der Waals surface area contributed by atoms with Gasteiger partial charge >= 0.3 is 0 Å². The number of benzene rings is 2. The second-order valence-electron chi connectivity index (χ2n) is 10.7. The first-order chi connectivity index (χ1) is 21.6. The summed E-state index contributed by atoms with van der Waals surface area (Å²) in [4.78, 5) is 42.5. The molecule has 45 heavy (non-hydrogen) atoms. The molecule has 1 aliphatic rings. The number of carbonyl (C=O) groups is 2. The molecule has 1 saturated heterocycles. The summed E-state index contributed by atoms with van der Waals surface area (Å²) in [6.07, 6.45) is 3.12. The van der Waals surface area contributed by atoms with Gasteiger partial charge in [0.15, 0.2) is 0 Å². The first-order valence-corrected chi connectivity index (χ1v) is 15.6. The Balaban J connectivity index is 1.14. The maximum atomic E-state index is 13.2. The summed E-state index contributed by atoms with van der Waals surface area (Å²) in [5, 5.41) is 21.1. The van der Waals surface area contributed by atoms with Crippen molar-refractivity contribution in [2.75, 3.05) is 49.2 Å². The van der Waals surface area contributed by atoms with Crippen molar-refractivity contribution in [3.63, 3.8) is 0 Å². The van der Waals surface area contributed by atoms with Crippen molar-refractivity contribution in [3.8, 4) is 0 Å². The van der Waals surface area contributed by atoms with Gasteiger partial charge in [-0.1, -0.05) is 12.1 Å². The molecule has 0 radical (unpaired) electrons. The SMILES string of the molecule is CN1CCN(Cc2ccc(NC(=O)c3[nH]ncc3Nc3nc(NC(=O)c4ccc(S(N)(=O)=O)cc4)nc4[nH]ccc34)cc2)CC1. The van der Waals surface area contributed by atoms with Crippen molar-refractivity contribution in [2.45, 2.75) is 11.4 Å². The van der Waals surface area contributed by atoms with Crippen LogP contribution in [0.5, 0.6) is 0 Å². The fourth-order valence-electron chi connectivity index (χ4n) is 4.89. The molecule has 7 N–H and O–H groups in total. The van der Waals surface area contributed by atoms with Gasteiger partial charge in [-0.05, 0) is 55.1 Å². The van der Waals surface area contributed by atoms with Crippen LogP contribution in [0.4, 0.5) is 23.1 Å². The molecule has 6 rings (SSSR count).